The fraction of sp³-hybridized carbons (Fsp3) is 0.579. The van der Waals surface area contributed by atoms with Crippen LogP contribution in [0.1, 0.15) is 37.3 Å². The maximum atomic E-state index is 12.7. The van der Waals surface area contributed by atoms with Gasteiger partial charge in [0.15, 0.2) is 0 Å². The van der Waals surface area contributed by atoms with E-state index in [9.17, 15) is 18.0 Å². The van der Waals surface area contributed by atoms with E-state index in [1.54, 1.807) is 6.92 Å². The number of likely N-dealkylation sites (tertiary alicyclic amines) is 1. The molecular weight excluding hydrogens is 366 g/mol. The van der Waals surface area contributed by atoms with Crippen LogP contribution in [0, 0.1) is 0 Å². The Morgan fingerprint density at radius 2 is 1.81 bits per heavy atom. The van der Waals surface area contributed by atoms with Gasteiger partial charge < -0.3 is 10.2 Å². The lowest BCUT2D eigenvalue weighted by Gasteiger charge is -2.34. The van der Waals surface area contributed by atoms with Crippen molar-refractivity contribution in [3.63, 3.8) is 0 Å². The molecule has 1 saturated heterocycles. The molecule has 2 heterocycles. The highest BCUT2D eigenvalue weighted by Crippen LogP contribution is 2.26. The predicted molar refractivity (Wildman–Crippen MR) is 102 cm³/mol. The first-order chi connectivity index (χ1) is 12.9. The molecule has 2 amide bonds. The highest BCUT2D eigenvalue weighted by atomic mass is 32.2. The normalized spacial score (nSPS) is 20.3. The van der Waals surface area contributed by atoms with E-state index < -0.39 is 16.1 Å². The molecule has 1 N–H and O–H groups in total. The lowest BCUT2D eigenvalue weighted by molar-refractivity contribution is -0.130. The third-order valence-electron chi connectivity index (χ3n) is 5.33. The molecule has 0 radical (unpaired) electrons. The quantitative estimate of drug-likeness (QED) is 0.778. The van der Waals surface area contributed by atoms with Crippen LogP contribution in [0.25, 0.3) is 0 Å². The molecule has 0 spiro atoms. The number of carbonyl (C=O) groups excluding carboxylic acids is 2. The maximum Gasteiger partial charge on any atom is 0.238 e. The summed E-state index contributed by atoms with van der Waals surface area (Å²) in [5.74, 6) is -0.345. The number of rotatable bonds is 6. The van der Waals surface area contributed by atoms with Gasteiger partial charge in [0.1, 0.15) is 6.04 Å². The first kappa shape index (κ1) is 19.8. The van der Waals surface area contributed by atoms with Crippen molar-refractivity contribution in [1.82, 2.24) is 14.5 Å². The van der Waals surface area contributed by atoms with Gasteiger partial charge >= 0.3 is 0 Å². The molecule has 1 unspecified atom stereocenters. The number of amides is 2. The number of carbonyl (C=O) groups is 2. The fourth-order valence-corrected chi connectivity index (χ4v) is 4.94. The molecule has 3 rings (SSSR count). The number of sulfonamides is 1. The lowest BCUT2D eigenvalue weighted by atomic mass is 9.95. The van der Waals surface area contributed by atoms with Crippen LogP contribution in [0.3, 0.4) is 0 Å². The standard InChI is InChI=1S/C19H27N3O4S/c1-2-27(25,26)22-14-16-8-4-3-7-15(16)13-17(22)19(24)20-10-9-18(23)21-11-5-6-12-21/h3-4,7-8,17H,2,5-6,9-14H2,1H3,(H,20,24). The highest BCUT2D eigenvalue weighted by Gasteiger charge is 2.37. The van der Waals surface area contributed by atoms with Crippen molar-refractivity contribution < 1.29 is 18.0 Å². The van der Waals surface area contributed by atoms with E-state index in [2.05, 4.69) is 5.32 Å². The molecule has 27 heavy (non-hydrogen) atoms. The Morgan fingerprint density at radius 1 is 1.15 bits per heavy atom. The molecule has 1 aromatic carbocycles. The van der Waals surface area contributed by atoms with Crippen LogP contribution in [0.2, 0.25) is 0 Å². The lowest BCUT2D eigenvalue weighted by Crippen LogP contribution is -2.53. The molecule has 1 fully saturated rings. The second-order valence-electron chi connectivity index (χ2n) is 7.06. The minimum absolute atomic E-state index is 0.0415. The zero-order valence-corrected chi connectivity index (χ0v) is 16.5. The van der Waals surface area contributed by atoms with E-state index in [1.165, 1.54) is 4.31 Å². The largest absolute Gasteiger partial charge is 0.354 e. The van der Waals surface area contributed by atoms with Gasteiger partial charge in [-0.2, -0.15) is 4.31 Å². The van der Waals surface area contributed by atoms with Crippen molar-refractivity contribution in [2.24, 2.45) is 0 Å². The van der Waals surface area contributed by atoms with Crippen LogP contribution >= 0.6 is 0 Å². The minimum Gasteiger partial charge on any atom is -0.354 e. The number of fused-ring (bicyclic) bond motifs is 1. The number of nitrogens with one attached hydrogen (secondary N) is 1. The molecule has 2 aliphatic rings. The van der Waals surface area contributed by atoms with Gasteiger partial charge in [-0.05, 0) is 37.3 Å². The zero-order chi connectivity index (χ0) is 19.4. The third kappa shape index (κ3) is 4.50. The van der Waals surface area contributed by atoms with Crippen molar-refractivity contribution >= 4 is 21.8 Å². The van der Waals surface area contributed by atoms with E-state index in [0.717, 1.165) is 37.1 Å². The molecule has 148 valence electrons. The van der Waals surface area contributed by atoms with Crippen molar-refractivity contribution in [3.05, 3.63) is 35.4 Å². The Balaban J connectivity index is 1.66. The van der Waals surface area contributed by atoms with Gasteiger partial charge in [-0.3, -0.25) is 9.59 Å². The number of hydrogen-bond acceptors (Lipinski definition) is 4. The predicted octanol–water partition coefficient (Wildman–Crippen LogP) is 0.892. The first-order valence-electron chi connectivity index (χ1n) is 9.54. The second-order valence-corrected chi connectivity index (χ2v) is 9.27. The average Bonchev–Trinajstić information content (AvgIpc) is 3.21. The zero-order valence-electron chi connectivity index (χ0n) is 15.7. The van der Waals surface area contributed by atoms with Gasteiger partial charge in [0, 0.05) is 32.6 Å². The summed E-state index contributed by atoms with van der Waals surface area (Å²) in [4.78, 5) is 26.7. The molecule has 1 atom stereocenters. The van der Waals surface area contributed by atoms with Crippen molar-refractivity contribution in [3.8, 4) is 0 Å². The molecule has 0 saturated carbocycles. The summed E-state index contributed by atoms with van der Waals surface area (Å²) in [5.41, 5.74) is 1.93. The van der Waals surface area contributed by atoms with E-state index in [-0.39, 0.29) is 37.1 Å². The monoisotopic (exact) mass is 393 g/mol. The van der Waals surface area contributed by atoms with Crippen LogP contribution in [-0.4, -0.2) is 60.9 Å². The van der Waals surface area contributed by atoms with Gasteiger partial charge in [-0.1, -0.05) is 24.3 Å². The molecule has 1 aromatic rings. The summed E-state index contributed by atoms with van der Waals surface area (Å²) in [6, 6.07) is 6.83. The fourth-order valence-electron chi connectivity index (χ4n) is 3.72. The molecule has 8 heteroatoms. The number of hydrogen-bond donors (Lipinski definition) is 1. The minimum atomic E-state index is -3.52. The Labute approximate surface area is 160 Å². The SMILES string of the molecule is CCS(=O)(=O)N1Cc2ccccc2CC1C(=O)NCCC(=O)N1CCCC1. The first-order valence-corrected chi connectivity index (χ1v) is 11.1. The van der Waals surface area contributed by atoms with Gasteiger partial charge in [-0.25, -0.2) is 8.42 Å². The van der Waals surface area contributed by atoms with Crippen molar-refractivity contribution in [2.45, 2.75) is 45.2 Å². The Kier molecular flexibility index (Phi) is 6.16. The van der Waals surface area contributed by atoms with E-state index in [0.29, 0.717) is 6.42 Å². The summed E-state index contributed by atoms with van der Waals surface area (Å²) in [7, 11) is -3.52. The van der Waals surface area contributed by atoms with Crippen molar-refractivity contribution in [1.29, 1.82) is 0 Å². The number of nitrogens with zero attached hydrogens (tertiary/aromatic N) is 2. The third-order valence-corrected chi connectivity index (χ3v) is 7.15. The van der Waals surface area contributed by atoms with Gasteiger partial charge in [0.25, 0.3) is 0 Å². The summed E-state index contributed by atoms with van der Waals surface area (Å²) in [6.45, 7) is 3.59. The van der Waals surface area contributed by atoms with Gasteiger partial charge in [0.2, 0.25) is 21.8 Å². The van der Waals surface area contributed by atoms with Crippen LogP contribution in [0.4, 0.5) is 0 Å². The van der Waals surface area contributed by atoms with Crippen LogP contribution < -0.4 is 5.32 Å². The smallest absolute Gasteiger partial charge is 0.238 e. The Morgan fingerprint density at radius 3 is 2.48 bits per heavy atom. The van der Waals surface area contributed by atoms with Crippen molar-refractivity contribution in [2.75, 3.05) is 25.4 Å². The molecule has 2 aliphatic heterocycles. The van der Waals surface area contributed by atoms with Crippen LogP contribution in [-0.2, 0) is 32.6 Å². The molecule has 7 nitrogen and oxygen atoms in total. The van der Waals surface area contributed by atoms with E-state index >= 15 is 0 Å². The second kappa shape index (κ2) is 8.39. The highest BCUT2D eigenvalue weighted by molar-refractivity contribution is 7.89. The van der Waals surface area contributed by atoms with E-state index in [1.807, 2.05) is 29.2 Å². The van der Waals surface area contributed by atoms with E-state index in [4.69, 9.17) is 0 Å². The molecular formula is C19H27N3O4S. The average molecular weight is 394 g/mol. The Bertz CT molecular complexity index is 803. The summed E-state index contributed by atoms with van der Waals surface area (Å²) in [6.07, 6.45) is 2.66. The summed E-state index contributed by atoms with van der Waals surface area (Å²) >= 11 is 0. The molecule has 0 bridgehead atoms. The van der Waals surface area contributed by atoms with Gasteiger partial charge in [0.05, 0.1) is 5.75 Å². The van der Waals surface area contributed by atoms with Gasteiger partial charge in [-0.15, -0.1) is 0 Å². The summed E-state index contributed by atoms with van der Waals surface area (Å²) < 4.78 is 26.3. The maximum absolute atomic E-state index is 12.7. The molecule has 0 aliphatic carbocycles. The Hall–Kier alpha value is -1.93. The van der Waals surface area contributed by atoms with Crippen LogP contribution in [0.5, 0.6) is 0 Å². The number of benzene rings is 1. The van der Waals surface area contributed by atoms with Crippen LogP contribution in [0.15, 0.2) is 24.3 Å². The summed E-state index contributed by atoms with van der Waals surface area (Å²) in [5, 5.41) is 2.77. The molecule has 0 aromatic heterocycles. The topological polar surface area (TPSA) is 86.8 Å².